The first-order chi connectivity index (χ1) is 8.70. The third-order valence-electron chi connectivity index (χ3n) is 2.75. The summed E-state index contributed by atoms with van der Waals surface area (Å²) in [6.07, 6.45) is 0. The zero-order chi connectivity index (χ0) is 13.0. The van der Waals surface area contributed by atoms with Gasteiger partial charge in [-0.3, -0.25) is 0 Å². The minimum absolute atomic E-state index is 0.713. The molecule has 0 aliphatic heterocycles. The first-order valence-corrected chi connectivity index (χ1v) is 6.84. The van der Waals surface area contributed by atoms with Gasteiger partial charge in [-0.05, 0) is 31.5 Å². The Morgan fingerprint density at radius 1 is 1.33 bits per heavy atom. The molecule has 0 aliphatic carbocycles. The van der Waals surface area contributed by atoms with E-state index in [9.17, 15) is 0 Å². The summed E-state index contributed by atoms with van der Waals surface area (Å²) in [5.41, 5.74) is 4.03. The highest BCUT2D eigenvalue weighted by atomic mass is 32.2. The molecule has 2 aromatic rings. The van der Waals surface area contributed by atoms with E-state index in [4.69, 9.17) is 9.78 Å². The van der Waals surface area contributed by atoms with Crippen molar-refractivity contribution in [2.75, 3.05) is 0 Å². The maximum atomic E-state index is 8.83. The van der Waals surface area contributed by atoms with Gasteiger partial charge in [-0.15, -0.1) is 0 Å². The van der Waals surface area contributed by atoms with Gasteiger partial charge in [0.05, 0.1) is 17.3 Å². The van der Waals surface area contributed by atoms with Gasteiger partial charge in [-0.2, -0.15) is 17.0 Å². The number of rotatable bonds is 4. The average molecular weight is 258 g/mol. The van der Waals surface area contributed by atoms with Crippen molar-refractivity contribution in [3.8, 4) is 6.07 Å². The Morgan fingerprint density at radius 2 is 2.17 bits per heavy atom. The Bertz CT molecular complexity index is 564. The van der Waals surface area contributed by atoms with Crippen molar-refractivity contribution in [1.82, 2.24) is 5.16 Å². The van der Waals surface area contributed by atoms with E-state index in [1.54, 1.807) is 11.8 Å². The molecule has 1 aromatic heterocycles. The second-order valence-electron chi connectivity index (χ2n) is 4.11. The normalized spacial score (nSPS) is 10.3. The van der Waals surface area contributed by atoms with Crippen LogP contribution in [-0.2, 0) is 11.5 Å². The lowest BCUT2D eigenvalue weighted by Crippen LogP contribution is -1.87. The van der Waals surface area contributed by atoms with Crippen molar-refractivity contribution < 1.29 is 4.52 Å². The van der Waals surface area contributed by atoms with Crippen LogP contribution in [0.25, 0.3) is 0 Å². The number of thioether (sulfide) groups is 1. The maximum absolute atomic E-state index is 8.83. The van der Waals surface area contributed by atoms with Gasteiger partial charge in [0.25, 0.3) is 0 Å². The van der Waals surface area contributed by atoms with Crippen LogP contribution in [0.15, 0.2) is 28.8 Å². The van der Waals surface area contributed by atoms with Crippen molar-refractivity contribution in [2.45, 2.75) is 25.4 Å². The van der Waals surface area contributed by atoms with Crippen LogP contribution in [-0.4, -0.2) is 5.16 Å². The van der Waals surface area contributed by atoms with Crippen LogP contribution in [0.1, 0.15) is 28.1 Å². The molecule has 0 saturated heterocycles. The summed E-state index contributed by atoms with van der Waals surface area (Å²) >= 11 is 1.80. The van der Waals surface area contributed by atoms with Gasteiger partial charge >= 0.3 is 0 Å². The Balaban J connectivity index is 1.95. The van der Waals surface area contributed by atoms with Crippen molar-refractivity contribution in [3.05, 3.63) is 52.4 Å². The van der Waals surface area contributed by atoms with E-state index in [0.717, 1.165) is 23.0 Å². The van der Waals surface area contributed by atoms with E-state index in [1.165, 1.54) is 11.1 Å². The summed E-state index contributed by atoms with van der Waals surface area (Å²) in [5.74, 6) is 2.67. The van der Waals surface area contributed by atoms with Crippen LogP contribution in [0.4, 0.5) is 0 Å². The van der Waals surface area contributed by atoms with E-state index >= 15 is 0 Å². The molecule has 0 bridgehead atoms. The molecule has 0 fully saturated rings. The second kappa shape index (κ2) is 5.74. The minimum atomic E-state index is 0.713. The Morgan fingerprint density at radius 3 is 2.83 bits per heavy atom. The molecule has 18 heavy (non-hydrogen) atoms. The quantitative estimate of drug-likeness (QED) is 0.840. The topological polar surface area (TPSA) is 49.8 Å². The van der Waals surface area contributed by atoms with Crippen LogP contribution in [0.2, 0.25) is 0 Å². The van der Waals surface area contributed by atoms with Crippen molar-refractivity contribution >= 4 is 11.8 Å². The zero-order valence-electron chi connectivity index (χ0n) is 10.4. The number of hydrogen-bond donors (Lipinski definition) is 0. The first kappa shape index (κ1) is 12.7. The summed E-state index contributed by atoms with van der Waals surface area (Å²) in [4.78, 5) is 0. The van der Waals surface area contributed by atoms with E-state index in [2.05, 4.69) is 11.2 Å². The molecular weight excluding hydrogens is 244 g/mol. The maximum Gasteiger partial charge on any atom is 0.137 e. The molecule has 4 heteroatoms. The lowest BCUT2D eigenvalue weighted by atomic mass is 10.2. The van der Waals surface area contributed by atoms with Crippen LogP contribution in [0.3, 0.4) is 0 Å². The van der Waals surface area contributed by atoms with Crippen molar-refractivity contribution in [2.24, 2.45) is 0 Å². The van der Waals surface area contributed by atoms with Gasteiger partial charge in [-0.1, -0.05) is 17.3 Å². The van der Waals surface area contributed by atoms with Crippen LogP contribution >= 0.6 is 11.8 Å². The highest BCUT2D eigenvalue weighted by Crippen LogP contribution is 2.22. The average Bonchev–Trinajstić information content (AvgIpc) is 2.70. The SMILES string of the molecule is Cc1noc(C)c1CSCc1cccc(C#N)c1. The molecule has 0 radical (unpaired) electrons. The fraction of sp³-hybridized carbons (Fsp3) is 0.286. The van der Waals surface area contributed by atoms with E-state index < -0.39 is 0 Å². The van der Waals surface area contributed by atoms with Gasteiger partial charge in [0.2, 0.25) is 0 Å². The smallest absolute Gasteiger partial charge is 0.137 e. The Kier molecular flexibility index (Phi) is 4.06. The van der Waals surface area contributed by atoms with Crippen molar-refractivity contribution in [1.29, 1.82) is 5.26 Å². The molecule has 0 saturated carbocycles. The second-order valence-corrected chi connectivity index (χ2v) is 5.09. The summed E-state index contributed by atoms with van der Waals surface area (Å²) in [7, 11) is 0. The summed E-state index contributed by atoms with van der Waals surface area (Å²) in [6.45, 7) is 3.90. The number of nitrogens with zero attached hydrogens (tertiary/aromatic N) is 2. The van der Waals surface area contributed by atoms with Gasteiger partial charge in [0, 0.05) is 17.1 Å². The number of benzene rings is 1. The van der Waals surface area contributed by atoms with Gasteiger partial charge in [0.15, 0.2) is 0 Å². The monoisotopic (exact) mass is 258 g/mol. The third-order valence-corrected chi connectivity index (χ3v) is 3.78. The lowest BCUT2D eigenvalue weighted by Gasteiger charge is -2.02. The lowest BCUT2D eigenvalue weighted by molar-refractivity contribution is 0.392. The third kappa shape index (κ3) is 2.93. The van der Waals surface area contributed by atoms with Gasteiger partial charge < -0.3 is 4.52 Å². The number of hydrogen-bond acceptors (Lipinski definition) is 4. The predicted octanol–water partition coefficient (Wildman–Crippen LogP) is 3.60. The molecule has 92 valence electrons. The van der Waals surface area contributed by atoms with Crippen LogP contribution in [0, 0.1) is 25.2 Å². The van der Waals surface area contributed by atoms with Gasteiger partial charge in [-0.25, -0.2) is 0 Å². The molecule has 0 spiro atoms. The summed E-state index contributed by atoms with van der Waals surface area (Å²) in [5, 5.41) is 12.8. The fourth-order valence-electron chi connectivity index (χ4n) is 1.71. The number of aryl methyl sites for hydroxylation is 2. The molecule has 1 heterocycles. The van der Waals surface area contributed by atoms with Crippen molar-refractivity contribution in [3.63, 3.8) is 0 Å². The molecule has 0 N–H and O–H groups in total. The zero-order valence-corrected chi connectivity index (χ0v) is 11.3. The molecular formula is C14H14N2OS. The molecule has 0 amide bonds. The molecule has 3 nitrogen and oxygen atoms in total. The number of nitriles is 1. The first-order valence-electron chi connectivity index (χ1n) is 5.69. The Hall–Kier alpha value is -1.73. The van der Waals surface area contributed by atoms with E-state index in [1.807, 2.05) is 38.1 Å². The predicted molar refractivity (Wildman–Crippen MR) is 72.1 cm³/mol. The minimum Gasteiger partial charge on any atom is -0.361 e. The molecule has 1 aromatic carbocycles. The largest absolute Gasteiger partial charge is 0.361 e. The van der Waals surface area contributed by atoms with Crippen LogP contribution < -0.4 is 0 Å². The summed E-state index contributed by atoms with van der Waals surface area (Å²) < 4.78 is 5.13. The Labute approximate surface area is 111 Å². The van der Waals surface area contributed by atoms with Crippen LogP contribution in [0.5, 0.6) is 0 Å². The molecule has 0 unspecified atom stereocenters. The van der Waals surface area contributed by atoms with E-state index in [0.29, 0.717) is 5.56 Å². The molecule has 2 rings (SSSR count). The fourth-order valence-corrected chi connectivity index (χ4v) is 2.84. The summed E-state index contributed by atoms with van der Waals surface area (Å²) in [6, 6.07) is 9.87. The molecule has 0 atom stereocenters. The number of aromatic nitrogens is 1. The highest BCUT2D eigenvalue weighted by molar-refractivity contribution is 7.97. The van der Waals surface area contributed by atoms with E-state index in [-0.39, 0.29) is 0 Å². The van der Waals surface area contributed by atoms with Gasteiger partial charge in [0.1, 0.15) is 5.76 Å². The highest BCUT2D eigenvalue weighted by Gasteiger charge is 2.08. The molecule has 0 aliphatic rings. The standard InChI is InChI=1S/C14H14N2OS/c1-10-14(11(2)17-16-10)9-18-8-13-5-3-4-12(6-13)7-15/h3-6H,8-9H2,1-2H3.